The average molecular weight is 278 g/mol. The lowest BCUT2D eigenvalue weighted by molar-refractivity contribution is 0.0554. The minimum Gasteiger partial charge on any atom is -0.478 e. The number of nitrogens with zero attached hydrogens (tertiary/aromatic N) is 4. The fourth-order valence-electron chi connectivity index (χ4n) is 3.13. The van der Waals surface area contributed by atoms with Crippen LogP contribution in [0.4, 0.5) is 0 Å². The van der Waals surface area contributed by atoms with E-state index in [1.165, 1.54) is 17.3 Å². The van der Waals surface area contributed by atoms with Gasteiger partial charge in [-0.3, -0.25) is 14.4 Å². The van der Waals surface area contributed by atoms with Crippen molar-refractivity contribution in [2.45, 2.75) is 18.9 Å². The highest BCUT2D eigenvalue weighted by molar-refractivity contribution is 6.03. The molecule has 7 heteroatoms. The van der Waals surface area contributed by atoms with Gasteiger partial charge in [-0.1, -0.05) is 0 Å². The Bertz CT molecular complexity index is 554. The molecule has 3 rings (SSSR count). The van der Waals surface area contributed by atoms with Crippen molar-refractivity contribution in [3.8, 4) is 0 Å². The van der Waals surface area contributed by atoms with Crippen LogP contribution in [0.25, 0.3) is 0 Å². The number of hydrogen-bond donors (Lipinski definition) is 1. The van der Waals surface area contributed by atoms with E-state index in [0.29, 0.717) is 19.1 Å². The molecule has 7 nitrogen and oxygen atoms in total. The van der Waals surface area contributed by atoms with E-state index in [-0.39, 0.29) is 17.2 Å². The average Bonchev–Trinajstić information content (AvgIpc) is 3.02. The maximum absolute atomic E-state index is 12.5. The van der Waals surface area contributed by atoms with Crippen molar-refractivity contribution < 1.29 is 14.7 Å². The van der Waals surface area contributed by atoms with Gasteiger partial charge in [0.15, 0.2) is 5.69 Å². The molecule has 1 aromatic rings. The number of aromatic carboxylic acids is 1. The summed E-state index contributed by atoms with van der Waals surface area (Å²) in [4.78, 5) is 27.8. The molecule has 1 unspecified atom stereocenters. The van der Waals surface area contributed by atoms with Crippen molar-refractivity contribution in [2.24, 2.45) is 7.05 Å². The SMILES string of the molecule is Cn1cc(C(=O)O)c(C(=O)N2CCN3CCCC3C2)n1. The number of carbonyl (C=O) groups is 2. The van der Waals surface area contributed by atoms with Crippen LogP contribution in [0.5, 0.6) is 0 Å². The van der Waals surface area contributed by atoms with Gasteiger partial charge in [0.1, 0.15) is 5.56 Å². The third-order valence-electron chi connectivity index (χ3n) is 4.14. The zero-order valence-electron chi connectivity index (χ0n) is 11.4. The van der Waals surface area contributed by atoms with Crippen LogP contribution in [0.1, 0.15) is 33.7 Å². The first-order valence-electron chi connectivity index (χ1n) is 6.86. The van der Waals surface area contributed by atoms with Crippen LogP contribution < -0.4 is 0 Å². The third kappa shape index (κ3) is 2.18. The van der Waals surface area contributed by atoms with Crippen LogP contribution in [0.15, 0.2) is 6.20 Å². The van der Waals surface area contributed by atoms with Gasteiger partial charge in [-0.05, 0) is 19.4 Å². The number of piperazine rings is 1. The zero-order chi connectivity index (χ0) is 14.3. The second kappa shape index (κ2) is 4.90. The van der Waals surface area contributed by atoms with Gasteiger partial charge in [-0.15, -0.1) is 0 Å². The van der Waals surface area contributed by atoms with Gasteiger partial charge in [0.2, 0.25) is 0 Å². The molecule has 0 spiro atoms. The van der Waals surface area contributed by atoms with Gasteiger partial charge < -0.3 is 10.0 Å². The van der Waals surface area contributed by atoms with Crippen LogP contribution in [0.2, 0.25) is 0 Å². The van der Waals surface area contributed by atoms with E-state index in [0.717, 1.165) is 19.5 Å². The van der Waals surface area contributed by atoms with Gasteiger partial charge >= 0.3 is 5.97 Å². The molecule has 20 heavy (non-hydrogen) atoms. The topological polar surface area (TPSA) is 78.7 Å². The highest BCUT2D eigenvalue weighted by Gasteiger charge is 2.34. The summed E-state index contributed by atoms with van der Waals surface area (Å²) in [6, 6.07) is 0.421. The maximum atomic E-state index is 12.5. The molecule has 0 aliphatic carbocycles. The Hall–Kier alpha value is -1.89. The molecule has 0 saturated carbocycles. The lowest BCUT2D eigenvalue weighted by Crippen LogP contribution is -2.52. The molecule has 3 heterocycles. The van der Waals surface area contributed by atoms with Crippen LogP contribution in [-0.4, -0.2) is 68.8 Å². The molecule has 108 valence electrons. The minimum atomic E-state index is -1.11. The lowest BCUT2D eigenvalue weighted by Gasteiger charge is -2.37. The van der Waals surface area contributed by atoms with Gasteiger partial charge in [-0.25, -0.2) is 4.79 Å². The van der Waals surface area contributed by atoms with E-state index < -0.39 is 5.97 Å². The van der Waals surface area contributed by atoms with Gasteiger partial charge in [0.25, 0.3) is 5.91 Å². The fourth-order valence-corrected chi connectivity index (χ4v) is 3.13. The largest absolute Gasteiger partial charge is 0.478 e. The highest BCUT2D eigenvalue weighted by Crippen LogP contribution is 2.22. The molecule has 0 aromatic carbocycles. The summed E-state index contributed by atoms with van der Waals surface area (Å²) in [6.45, 7) is 3.29. The number of hydrogen-bond acceptors (Lipinski definition) is 4. The first kappa shape index (κ1) is 13.1. The molecular weight excluding hydrogens is 260 g/mol. The number of carbonyl (C=O) groups excluding carboxylic acids is 1. The minimum absolute atomic E-state index is 0.0219. The molecule has 2 fully saturated rings. The first-order valence-corrected chi connectivity index (χ1v) is 6.86. The predicted molar refractivity (Wildman–Crippen MR) is 70.7 cm³/mol. The molecule has 1 aromatic heterocycles. The van der Waals surface area contributed by atoms with E-state index in [4.69, 9.17) is 5.11 Å². The molecule has 1 atom stereocenters. The van der Waals surface area contributed by atoms with E-state index in [9.17, 15) is 9.59 Å². The number of carboxylic acid groups (broad SMARTS) is 1. The van der Waals surface area contributed by atoms with Crippen molar-refractivity contribution in [3.05, 3.63) is 17.5 Å². The summed E-state index contributed by atoms with van der Waals surface area (Å²) in [5.41, 5.74) is 0.0257. The molecule has 1 N–H and O–H groups in total. The summed E-state index contributed by atoms with van der Waals surface area (Å²) in [5, 5.41) is 13.2. The number of aromatic nitrogens is 2. The Morgan fingerprint density at radius 1 is 1.35 bits per heavy atom. The Morgan fingerprint density at radius 2 is 2.15 bits per heavy atom. The molecule has 2 saturated heterocycles. The lowest BCUT2D eigenvalue weighted by atomic mass is 10.1. The Morgan fingerprint density at radius 3 is 2.90 bits per heavy atom. The van der Waals surface area contributed by atoms with Crippen molar-refractivity contribution in [1.29, 1.82) is 0 Å². The summed E-state index contributed by atoms with van der Waals surface area (Å²) < 4.78 is 1.38. The highest BCUT2D eigenvalue weighted by atomic mass is 16.4. The second-order valence-corrected chi connectivity index (χ2v) is 5.45. The predicted octanol–water partition coefficient (Wildman–Crippen LogP) is 0.0385. The maximum Gasteiger partial charge on any atom is 0.339 e. The molecular formula is C13H18N4O3. The quantitative estimate of drug-likeness (QED) is 0.826. The van der Waals surface area contributed by atoms with Crippen LogP contribution >= 0.6 is 0 Å². The van der Waals surface area contributed by atoms with Gasteiger partial charge in [-0.2, -0.15) is 5.10 Å². The Balaban J connectivity index is 1.80. The van der Waals surface area contributed by atoms with E-state index in [2.05, 4.69) is 10.00 Å². The first-order chi connectivity index (χ1) is 9.56. The summed E-state index contributed by atoms with van der Waals surface area (Å²) in [6.07, 6.45) is 3.66. The van der Waals surface area contributed by atoms with Crippen molar-refractivity contribution in [2.75, 3.05) is 26.2 Å². The van der Waals surface area contributed by atoms with E-state index >= 15 is 0 Å². The monoisotopic (exact) mass is 278 g/mol. The number of amides is 1. The fraction of sp³-hybridized carbons (Fsp3) is 0.615. The number of aryl methyl sites for hydroxylation is 1. The van der Waals surface area contributed by atoms with Crippen LogP contribution in [0.3, 0.4) is 0 Å². The summed E-state index contributed by atoms with van der Waals surface area (Å²) >= 11 is 0. The molecule has 0 radical (unpaired) electrons. The van der Waals surface area contributed by atoms with Crippen LogP contribution in [0, 0.1) is 0 Å². The molecule has 0 bridgehead atoms. The van der Waals surface area contributed by atoms with Gasteiger partial charge in [0, 0.05) is 38.9 Å². The normalized spacial score (nSPS) is 22.9. The van der Waals surface area contributed by atoms with Crippen LogP contribution in [-0.2, 0) is 7.05 Å². The Labute approximate surface area is 116 Å². The summed E-state index contributed by atoms with van der Waals surface area (Å²) in [5.74, 6) is -1.38. The standard InChI is InChI=1S/C13H18N4O3/c1-15-8-10(13(19)20)11(14-15)12(18)17-6-5-16-4-2-3-9(16)7-17/h8-9H,2-7H2,1H3,(H,19,20). The number of rotatable bonds is 2. The Kier molecular flexibility index (Phi) is 3.21. The third-order valence-corrected chi connectivity index (χ3v) is 4.14. The smallest absolute Gasteiger partial charge is 0.339 e. The van der Waals surface area contributed by atoms with Crippen molar-refractivity contribution >= 4 is 11.9 Å². The molecule has 2 aliphatic rings. The number of fused-ring (bicyclic) bond motifs is 1. The van der Waals surface area contributed by atoms with E-state index in [1.54, 1.807) is 11.9 Å². The van der Waals surface area contributed by atoms with Gasteiger partial charge in [0.05, 0.1) is 0 Å². The second-order valence-electron chi connectivity index (χ2n) is 5.45. The van der Waals surface area contributed by atoms with E-state index in [1.807, 2.05) is 0 Å². The van der Waals surface area contributed by atoms with Crippen molar-refractivity contribution in [1.82, 2.24) is 19.6 Å². The van der Waals surface area contributed by atoms with Crippen molar-refractivity contribution in [3.63, 3.8) is 0 Å². The summed E-state index contributed by atoms with van der Waals surface area (Å²) in [7, 11) is 1.62. The molecule has 2 aliphatic heterocycles. The number of carboxylic acids is 1. The molecule has 1 amide bonds. The zero-order valence-corrected chi connectivity index (χ0v) is 11.4.